The molecule has 0 aromatic carbocycles. The predicted molar refractivity (Wildman–Crippen MR) is 53.7 cm³/mol. The third-order valence-electron chi connectivity index (χ3n) is 1.61. The van der Waals surface area contributed by atoms with Crippen LogP contribution in [0.3, 0.4) is 0 Å². The Morgan fingerprint density at radius 3 is 2.87 bits per heavy atom. The van der Waals surface area contributed by atoms with Crippen molar-refractivity contribution in [2.45, 2.75) is 13.0 Å². The lowest BCUT2D eigenvalue weighted by Crippen LogP contribution is -2.19. The number of nitrogens with zero attached hydrogens (tertiary/aromatic N) is 2. The average Bonchev–Trinajstić information content (AvgIpc) is 2.51. The summed E-state index contributed by atoms with van der Waals surface area (Å²) in [7, 11) is 0. The molecule has 1 aromatic rings. The van der Waals surface area contributed by atoms with Gasteiger partial charge < -0.3 is 16.8 Å². The molecule has 0 aliphatic rings. The summed E-state index contributed by atoms with van der Waals surface area (Å²) in [5.74, 6) is -0.672. The van der Waals surface area contributed by atoms with Gasteiger partial charge in [-0.1, -0.05) is 0 Å². The Kier molecular flexibility index (Phi) is 3.81. The van der Waals surface area contributed by atoms with Crippen LogP contribution >= 0.6 is 0 Å². The van der Waals surface area contributed by atoms with Crippen LogP contribution in [-0.2, 0) is 16.1 Å². The lowest BCUT2D eigenvalue weighted by Gasteiger charge is -1.99. The minimum absolute atomic E-state index is 0.00718. The van der Waals surface area contributed by atoms with Crippen LogP contribution in [0.25, 0.3) is 0 Å². The van der Waals surface area contributed by atoms with Crippen molar-refractivity contribution in [2.24, 2.45) is 11.5 Å². The molecule has 2 amide bonds. The Balaban J connectivity index is 2.52. The number of primary amides is 1. The number of amides is 2. The number of hydrogen-bond acceptors (Lipinski definition) is 4. The van der Waals surface area contributed by atoms with Crippen LogP contribution in [0.5, 0.6) is 0 Å². The largest absolute Gasteiger partial charge is 0.368 e. The molecular weight excluding hydrogens is 198 g/mol. The molecule has 0 fully saturated rings. The highest BCUT2D eigenvalue weighted by Crippen LogP contribution is 2.04. The fourth-order valence-electron chi connectivity index (χ4n) is 1.03. The standard InChI is InChI=1S/C8H13N5O2/c9-2-1-8(15)12-6-3-11-13(4-6)5-7(10)14/h3-4H,1-2,5,9H2,(H2,10,14)(H,12,15). The maximum absolute atomic E-state index is 11.1. The quantitative estimate of drug-likeness (QED) is 0.558. The van der Waals surface area contributed by atoms with Gasteiger partial charge in [0.2, 0.25) is 11.8 Å². The van der Waals surface area contributed by atoms with Crippen molar-refractivity contribution in [3.63, 3.8) is 0 Å². The molecule has 0 spiro atoms. The van der Waals surface area contributed by atoms with Crippen molar-refractivity contribution in [2.75, 3.05) is 11.9 Å². The summed E-state index contributed by atoms with van der Waals surface area (Å²) in [6.07, 6.45) is 3.22. The predicted octanol–water partition coefficient (Wildman–Crippen LogP) is -1.34. The Morgan fingerprint density at radius 1 is 1.53 bits per heavy atom. The Bertz CT molecular complexity index is 360. The second kappa shape index (κ2) is 5.11. The molecule has 7 nitrogen and oxygen atoms in total. The van der Waals surface area contributed by atoms with E-state index in [1.54, 1.807) is 0 Å². The van der Waals surface area contributed by atoms with Gasteiger partial charge in [-0.15, -0.1) is 0 Å². The highest BCUT2D eigenvalue weighted by molar-refractivity contribution is 5.90. The van der Waals surface area contributed by atoms with Gasteiger partial charge in [0.05, 0.1) is 11.9 Å². The van der Waals surface area contributed by atoms with Gasteiger partial charge in [-0.3, -0.25) is 14.3 Å². The van der Waals surface area contributed by atoms with E-state index in [1.807, 2.05) is 0 Å². The lowest BCUT2D eigenvalue weighted by atomic mass is 10.4. The summed E-state index contributed by atoms with van der Waals surface area (Å²) < 4.78 is 1.35. The van der Waals surface area contributed by atoms with Crippen molar-refractivity contribution in [1.29, 1.82) is 0 Å². The number of hydrogen-bond donors (Lipinski definition) is 3. The van der Waals surface area contributed by atoms with E-state index in [0.717, 1.165) is 0 Å². The molecule has 7 heteroatoms. The van der Waals surface area contributed by atoms with Gasteiger partial charge in [-0.25, -0.2) is 0 Å². The van der Waals surface area contributed by atoms with Crippen LogP contribution in [0.4, 0.5) is 5.69 Å². The summed E-state index contributed by atoms with van der Waals surface area (Å²) in [5.41, 5.74) is 10.7. The van der Waals surface area contributed by atoms with Gasteiger partial charge in [-0.05, 0) is 0 Å². The molecule has 0 aliphatic carbocycles. The van der Waals surface area contributed by atoms with E-state index in [-0.39, 0.29) is 18.9 Å². The molecule has 1 rings (SSSR count). The maximum atomic E-state index is 11.1. The summed E-state index contributed by atoms with van der Waals surface area (Å²) in [4.78, 5) is 21.7. The highest BCUT2D eigenvalue weighted by Gasteiger charge is 2.04. The molecule has 0 unspecified atom stereocenters. The average molecular weight is 211 g/mol. The molecule has 1 heterocycles. The zero-order valence-electron chi connectivity index (χ0n) is 8.14. The first-order chi connectivity index (χ1) is 7.11. The van der Waals surface area contributed by atoms with E-state index in [1.165, 1.54) is 17.1 Å². The first kappa shape index (κ1) is 11.2. The fourth-order valence-corrected chi connectivity index (χ4v) is 1.03. The van der Waals surface area contributed by atoms with Gasteiger partial charge in [0.15, 0.2) is 0 Å². The van der Waals surface area contributed by atoms with Crippen molar-refractivity contribution in [3.8, 4) is 0 Å². The van der Waals surface area contributed by atoms with Crippen LogP contribution < -0.4 is 16.8 Å². The van der Waals surface area contributed by atoms with E-state index < -0.39 is 5.91 Å². The molecule has 82 valence electrons. The topological polar surface area (TPSA) is 116 Å². The van der Waals surface area contributed by atoms with Crippen molar-refractivity contribution >= 4 is 17.5 Å². The van der Waals surface area contributed by atoms with Crippen molar-refractivity contribution in [3.05, 3.63) is 12.4 Å². The molecule has 0 bridgehead atoms. The number of carbonyl (C=O) groups is 2. The number of anilines is 1. The highest BCUT2D eigenvalue weighted by atomic mass is 16.2. The van der Waals surface area contributed by atoms with E-state index in [9.17, 15) is 9.59 Å². The molecule has 0 radical (unpaired) electrons. The summed E-state index contributed by atoms with van der Waals surface area (Å²) >= 11 is 0. The minimum atomic E-state index is -0.488. The smallest absolute Gasteiger partial charge is 0.239 e. The molecule has 15 heavy (non-hydrogen) atoms. The Morgan fingerprint density at radius 2 is 2.27 bits per heavy atom. The minimum Gasteiger partial charge on any atom is -0.368 e. The zero-order chi connectivity index (χ0) is 11.3. The number of nitrogens with two attached hydrogens (primary N) is 2. The number of aromatic nitrogens is 2. The first-order valence-corrected chi connectivity index (χ1v) is 4.42. The summed E-state index contributed by atoms with van der Waals surface area (Å²) in [6, 6.07) is 0. The van der Waals surface area contributed by atoms with Crippen LogP contribution in [0.2, 0.25) is 0 Å². The third kappa shape index (κ3) is 3.77. The molecule has 0 saturated carbocycles. The van der Waals surface area contributed by atoms with E-state index in [4.69, 9.17) is 11.5 Å². The van der Waals surface area contributed by atoms with Gasteiger partial charge >= 0.3 is 0 Å². The van der Waals surface area contributed by atoms with Gasteiger partial charge in [0.25, 0.3) is 0 Å². The summed E-state index contributed by atoms with van der Waals surface area (Å²) in [5, 5.41) is 6.42. The molecule has 1 aromatic heterocycles. The summed E-state index contributed by atoms with van der Waals surface area (Å²) in [6.45, 7) is 0.286. The van der Waals surface area contributed by atoms with Gasteiger partial charge in [-0.2, -0.15) is 5.10 Å². The molecule has 0 aliphatic heterocycles. The first-order valence-electron chi connectivity index (χ1n) is 4.42. The monoisotopic (exact) mass is 211 g/mol. The molecule has 0 atom stereocenters. The Labute approximate surface area is 86.4 Å². The lowest BCUT2D eigenvalue weighted by molar-refractivity contribution is -0.118. The number of rotatable bonds is 5. The third-order valence-corrected chi connectivity index (χ3v) is 1.61. The molecular formula is C8H13N5O2. The second-order valence-electron chi connectivity index (χ2n) is 2.98. The van der Waals surface area contributed by atoms with E-state index in [0.29, 0.717) is 12.2 Å². The molecule has 0 saturated heterocycles. The zero-order valence-corrected chi connectivity index (χ0v) is 8.14. The molecule has 5 N–H and O–H groups in total. The van der Waals surface area contributed by atoms with E-state index >= 15 is 0 Å². The normalized spacial score (nSPS) is 9.93. The van der Waals surface area contributed by atoms with Crippen molar-refractivity contribution < 1.29 is 9.59 Å². The second-order valence-corrected chi connectivity index (χ2v) is 2.98. The van der Waals surface area contributed by atoms with Crippen LogP contribution in [-0.4, -0.2) is 28.1 Å². The SMILES string of the molecule is NCCC(=O)Nc1cnn(CC(N)=O)c1. The van der Waals surface area contributed by atoms with Gasteiger partial charge in [0.1, 0.15) is 6.54 Å². The fraction of sp³-hybridized carbons (Fsp3) is 0.375. The number of carbonyl (C=O) groups excluding carboxylic acids is 2. The van der Waals surface area contributed by atoms with Crippen LogP contribution in [0, 0.1) is 0 Å². The van der Waals surface area contributed by atoms with E-state index in [2.05, 4.69) is 10.4 Å². The van der Waals surface area contributed by atoms with Crippen molar-refractivity contribution in [1.82, 2.24) is 9.78 Å². The number of nitrogens with one attached hydrogen (secondary N) is 1. The van der Waals surface area contributed by atoms with Crippen LogP contribution in [0.15, 0.2) is 12.4 Å². The van der Waals surface area contributed by atoms with Gasteiger partial charge in [0, 0.05) is 19.2 Å². The maximum Gasteiger partial charge on any atom is 0.239 e. The Hall–Kier alpha value is -1.89. The van der Waals surface area contributed by atoms with Crippen LogP contribution in [0.1, 0.15) is 6.42 Å².